The van der Waals surface area contributed by atoms with Crippen LogP contribution < -0.4 is 5.32 Å². The van der Waals surface area contributed by atoms with E-state index in [-0.39, 0.29) is 32.2 Å². The van der Waals surface area contributed by atoms with Crippen LogP contribution in [0.5, 0.6) is 0 Å². The Kier molecular flexibility index (Phi) is 6.69. The predicted molar refractivity (Wildman–Crippen MR) is 102 cm³/mol. The van der Waals surface area contributed by atoms with Crippen molar-refractivity contribution in [3.05, 3.63) is 29.6 Å². The van der Waals surface area contributed by atoms with Crippen molar-refractivity contribution in [3.8, 4) is 0 Å². The number of carbonyl (C=O) groups excluding carboxylic acids is 1. The number of rotatable bonds is 4. The second-order valence-corrected chi connectivity index (χ2v) is 9.34. The largest absolute Gasteiger partial charge is 0.322 e. The molecule has 0 atom stereocenters. The van der Waals surface area contributed by atoms with E-state index in [0.29, 0.717) is 0 Å². The first-order valence-electron chi connectivity index (χ1n) is 9.64. The molecule has 0 aromatic heterocycles. The highest BCUT2D eigenvalue weighted by Gasteiger charge is 2.35. The summed E-state index contributed by atoms with van der Waals surface area (Å²) in [5.74, 6) is -4.49. The van der Waals surface area contributed by atoms with Crippen LogP contribution >= 0.6 is 0 Å². The number of halogens is 3. The maximum atomic E-state index is 13.7. The number of urea groups is 1. The van der Waals surface area contributed by atoms with E-state index in [1.54, 1.807) is 7.05 Å². The lowest BCUT2D eigenvalue weighted by Gasteiger charge is -2.38. The number of carbonyl (C=O) groups is 1. The number of piperazine rings is 1. The van der Waals surface area contributed by atoms with Crippen LogP contribution in [0.3, 0.4) is 0 Å². The van der Waals surface area contributed by atoms with Crippen LogP contribution in [0.15, 0.2) is 12.1 Å². The summed E-state index contributed by atoms with van der Waals surface area (Å²) in [6.07, 6.45) is 4.84. The Hall–Kier alpha value is -1.85. The standard InChI is InChI=1S/C18H25F3N4O3S/c1-23(13-5-3-2-4-6-13)29(27,28)25-11-9-24(10-12-25)18(26)22-15-8-7-14(19)16(20)17(15)21/h7-8,13H,2-6,9-12H2,1H3,(H,22,26). The van der Waals surface area contributed by atoms with Crippen molar-refractivity contribution in [1.82, 2.24) is 13.5 Å². The van der Waals surface area contributed by atoms with Gasteiger partial charge >= 0.3 is 6.03 Å². The van der Waals surface area contributed by atoms with E-state index in [0.717, 1.165) is 44.2 Å². The molecule has 11 heteroatoms. The molecule has 1 N–H and O–H groups in total. The molecule has 2 aliphatic rings. The van der Waals surface area contributed by atoms with E-state index in [1.165, 1.54) is 13.5 Å². The summed E-state index contributed by atoms with van der Waals surface area (Å²) in [6.45, 7) is 0.421. The van der Waals surface area contributed by atoms with E-state index in [2.05, 4.69) is 5.32 Å². The lowest BCUT2D eigenvalue weighted by atomic mass is 9.96. The van der Waals surface area contributed by atoms with Gasteiger partial charge in [0.15, 0.2) is 17.5 Å². The maximum Gasteiger partial charge on any atom is 0.322 e. The summed E-state index contributed by atoms with van der Waals surface area (Å²) in [4.78, 5) is 13.6. The monoisotopic (exact) mass is 434 g/mol. The van der Waals surface area contributed by atoms with E-state index < -0.39 is 39.4 Å². The van der Waals surface area contributed by atoms with Gasteiger partial charge in [0.05, 0.1) is 5.69 Å². The van der Waals surface area contributed by atoms with Gasteiger partial charge in [0, 0.05) is 39.3 Å². The molecule has 1 heterocycles. The lowest BCUT2D eigenvalue weighted by molar-refractivity contribution is 0.177. The number of amides is 2. The summed E-state index contributed by atoms with van der Waals surface area (Å²) in [7, 11) is -2.04. The van der Waals surface area contributed by atoms with Crippen LogP contribution in [0.1, 0.15) is 32.1 Å². The van der Waals surface area contributed by atoms with Gasteiger partial charge < -0.3 is 10.2 Å². The average Bonchev–Trinajstić information content (AvgIpc) is 2.74. The summed E-state index contributed by atoms with van der Waals surface area (Å²) in [6, 6.07) is 0.949. The first-order chi connectivity index (χ1) is 13.7. The first-order valence-corrected chi connectivity index (χ1v) is 11.0. The smallest absolute Gasteiger partial charge is 0.322 e. The van der Waals surface area contributed by atoms with Crippen molar-refractivity contribution < 1.29 is 26.4 Å². The fraction of sp³-hybridized carbons (Fsp3) is 0.611. The number of hydrogen-bond acceptors (Lipinski definition) is 3. The molecule has 162 valence electrons. The predicted octanol–water partition coefficient (Wildman–Crippen LogP) is 2.76. The highest BCUT2D eigenvalue weighted by atomic mass is 32.2. The second-order valence-electron chi connectivity index (χ2n) is 7.35. The number of nitrogens with one attached hydrogen (secondary N) is 1. The Morgan fingerprint density at radius 2 is 1.66 bits per heavy atom. The molecule has 1 aliphatic carbocycles. The zero-order valence-electron chi connectivity index (χ0n) is 16.2. The SMILES string of the molecule is CN(C1CCCCC1)S(=O)(=O)N1CCN(C(=O)Nc2ccc(F)c(F)c2F)CC1. The highest BCUT2D eigenvalue weighted by molar-refractivity contribution is 7.86. The Balaban J connectivity index is 1.58. The Bertz CT molecular complexity index is 854. The van der Waals surface area contributed by atoms with Gasteiger partial charge in [0.2, 0.25) is 0 Å². The average molecular weight is 434 g/mol. The molecular formula is C18H25F3N4O3S. The van der Waals surface area contributed by atoms with Gasteiger partial charge in [-0.2, -0.15) is 17.0 Å². The molecule has 0 spiro atoms. The van der Waals surface area contributed by atoms with Crippen LogP contribution in [0.2, 0.25) is 0 Å². The second kappa shape index (κ2) is 8.88. The summed E-state index contributed by atoms with van der Waals surface area (Å²) >= 11 is 0. The molecule has 1 aromatic rings. The zero-order valence-corrected chi connectivity index (χ0v) is 17.0. The molecular weight excluding hydrogens is 409 g/mol. The third kappa shape index (κ3) is 4.67. The molecule has 2 fully saturated rings. The van der Waals surface area contributed by atoms with Crippen LogP contribution in [0.4, 0.5) is 23.7 Å². The van der Waals surface area contributed by atoms with E-state index in [4.69, 9.17) is 0 Å². The molecule has 0 bridgehead atoms. The fourth-order valence-electron chi connectivity index (χ4n) is 3.75. The highest BCUT2D eigenvalue weighted by Crippen LogP contribution is 2.25. The quantitative estimate of drug-likeness (QED) is 0.741. The molecule has 3 rings (SSSR count). The molecule has 7 nitrogen and oxygen atoms in total. The van der Waals surface area contributed by atoms with Crippen molar-refractivity contribution in [2.24, 2.45) is 0 Å². The zero-order chi connectivity index (χ0) is 21.2. The summed E-state index contributed by atoms with van der Waals surface area (Å²) in [5, 5.41) is 2.20. The summed E-state index contributed by atoms with van der Waals surface area (Å²) in [5.41, 5.74) is -0.471. The topological polar surface area (TPSA) is 73.0 Å². The van der Waals surface area contributed by atoms with Gasteiger partial charge in [-0.15, -0.1) is 0 Å². The third-order valence-corrected chi connectivity index (χ3v) is 7.63. The van der Waals surface area contributed by atoms with Gasteiger partial charge in [0.1, 0.15) is 0 Å². The normalized spacial score (nSPS) is 19.6. The van der Waals surface area contributed by atoms with Crippen molar-refractivity contribution in [2.75, 3.05) is 38.5 Å². The minimum atomic E-state index is -3.63. The molecule has 1 aromatic carbocycles. The molecule has 0 radical (unpaired) electrons. The van der Waals surface area contributed by atoms with Crippen molar-refractivity contribution in [2.45, 2.75) is 38.1 Å². The minimum absolute atomic E-state index is 0.00794. The Labute approximate surface area is 168 Å². The van der Waals surface area contributed by atoms with Crippen LogP contribution in [0.25, 0.3) is 0 Å². The molecule has 1 aliphatic heterocycles. The van der Waals surface area contributed by atoms with Crippen molar-refractivity contribution in [3.63, 3.8) is 0 Å². The Morgan fingerprint density at radius 3 is 2.28 bits per heavy atom. The number of hydrogen-bond donors (Lipinski definition) is 1. The molecule has 0 unspecified atom stereocenters. The third-order valence-electron chi connectivity index (χ3n) is 5.58. The number of nitrogens with zero attached hydrogens (tertiary/aromatic N) is 3. The summed E-state index contributed by atoms with van der Waals surface area (Å²) < 4.78 is 68.5. The number of anilines is 1. The molecule has 2 amide bonds. The fourth-order valence-corrected chi connectivity index (χ4v) is 5.33. The van der Waals surface area contributed by atoms with Gasteiger partial charge in [0.25, 0.3) is 10.2 Å². The number of benzene rings is 1. The molecule has 1 saturated carbocycles. The maximum absolute atomic E-state index is 13.7. The van der Waals surface area contributed by atoms with Crippen LogP contribution in [0, 0.1) is 17.5 Å². The lowest BCUT2D eigenvalue weighted by Crippen LogP contribution is -2.55. The van der Waals surface area contributed by atoms with Gasteiger partial charge in [-0.05, 0) is 25.0 Å². The van der Waals surface area contributed by atoms with Gasteiger partial charge in [-0.3, -0.25) is 0 Å². The molecule has 1 saturated heterocycles. The van der Waals surface area contributed by atoms with Crippen molar-refractivity contribution >= 4 is 21.9 Å². The Morgan fingerprint density at radius 1 is 1.03 bits per heavy atom. The van der Waals surface area contributed by atoms with Crippen LogP contribution in [-0.2, 0) is 10.2 Å². The van der Waals surface area contributed by atoms with Crippen molar-refractivity contribution in [1.29, 1.82) is 0 Å². The minimum Gasteiger partial charge on any atom is -0.322 e. The first kappa shape index (κ1) is 21.8. The van der Waals surface area contributed by atoms with Gasteiger partial charge in [-0.25, -0.2) is 18.0 Å². The van der Waals surface area contributed by atoms with E-state index >= 15 is 0 Å². The molecule has 29 heavy (non-hydrogen) atoms. The van der Waals surface area contributed by atoms with Crippen LogP contribution in [-0.4, -0.2) is 67.2 Å². The van der Waals surface area contributed by atoms with E-state index in [1.807, 2.05) is 0 Å². The van der Waals surface area contributed by atoms with E-state index in [9.17, 15) is 26.4 Å². The van der Waals surface area contributed by atoms with Gasteiger partial charge in [-0.1, -0.05) is 19.3 Å².